The zero-order chi connectivity index (χ0) is 20.9. The Hall–Kier alpha value is -4.51. The van der Waals surface area contributed by atoms with Gasteiger partial charge in [0.2, 0.25) is 0 Å². The van der Waals surface area contributed by atoms with Gasteiger partial charge in [0, 0.05) is 35.4 Å². The predicted molar refractivity (Wildman–Crippen MR) is 113 cm³/mol. The van der Waals surface area contributed by atoms with Crippen molar-refractivity contribution < 1.29 is 4.79 Å². The first kappa shape index (κ1) is 18.8. The molecule has 2 N–H and O–H groups in total. The van der Waals surface area contributed by atoms with Crippen LogP contribution in [0.25, 0.3) is 5.82 Å². The zero-order valence-corrected chi connectivity index (χ0v) is 16.1. The molecule has 0 aliphatic heterocycles. The number of imidazole rings is 1. The second kappa shape index (κ2) is 8.24. The Balaban J connectivity index is 1.45. The number of carbonyl (C=O) groups excluding carboxylic acids is 1. The van der Waals surface area contributed by atoms with Crippen molar-refractivity contribution in [3.63, 3.8) is 0 Å². The molecular formula is C22H17N7O. The molecule has 2 heterocycles. The van der Waals surface area contributed by atoms with Gasteiger partial charge in [-0.2, -0.15) is 5.26 Å². The number of nitrogens with zero attached hydrogens (tertiary/aromatic N) is 5. The van der Waals surface area contributed by atoms with E-state index in [9.17, 15) is 4.79 Å². The van der Waals surface area contributed by atoms with Gasteiger partial charge in [0.15, 0.2) is 0 Å². The van der Waals surface area contributed by atoms with Gasteiger partial charge >= 0.3 is 0 Å². The maximum atomic E-state index is 12.4. The SMILES string of the molecule is Cc1nccn1-c1cc(Nc2ccc(NC(=O)c3cccc(C#N)c3)cc2)ncn1. The molecule has 2 aromatic heterocycles. The highest BCUT2D eigenvalue weighted by molar-refractivity contribution is 6.04. The molecule has 8 nitrogen and oxygen atoms in total. The molecule has 0 unspecified atom stereocenters. The predicted octanol–water partition coefficient (Wildman–Crippen LogP) is 3.84. The van der Waals surface area contributed by atoms with Gasteiger partial charge < -0.3 is 10.6 Å². The molecular weight excluding hydrogens is 378 g/mol. The quantitative estimate of drug-likeness (QED) is 0.531. The summed E-state index contributed by atoms with van der Waals surface area (Å²) in [5.41, 5.74) is 2.33. The molecule has 0 aliphatic rings. The van der Waals surface area contributed by atoms with E-state index in [-0.39, 0.29) is 5.91 Å². The maximum Gasteiger partial charge on any atom is 0.255 e. The molecule has 0 radical (unpaired) electrons. The van der Waals surface area contributed by atoms with E-state index in [0.29, 0.717) is 28.5 Å². The van der Waals surface area contributed by atoms with Gasteiger partial charge in [-0.1, -0.05) is 6.07 Å². The van der Waals surface area contributed by atoms with Crippen molar-refractivity contribution in [2.24, 2.45) is 0 Å². The Kier molecular flexibility index (Phi) is 5.17. The fourth-order valence-corrected chi connectivity index (χ4v) is 2.89. The normalized spacial score (nSPS) is 10.3. The van der Waals surface area contributed by atoms with Gasteiger partial charge in [0.05, 0.1) is 11.6 Å². The minimum Gasteiger partial charge on any atom is -0.340 e. The zero-order valence-electron chi connectivity index (χ0n) is 16.1. The first-order valence-electron chi connectivity index (χ1n) is 9.13. The maximum absolute atomic E-state index is 12.4. The van der Waals surface area contributed by atoms with Crippen LogP contribution in [-0.2, 0) is 0 Å². The lowest BCUT2D eigenvalue weighted by Gasteiger charge is -2.10. The van der Waals surface area contributed by atoms with E-state index < -0.39 is 0 Å². The van der Waals surface area contributed by atoms with E-state index in [4.69, 9.17) is 5.26 Å². The average molecular weight is 395 g/mol. The molecule has 0 aliphatic carbocycles. The molecule has 0 saturated heterocycles. The average Bonchev–Trinajstić information content (AvgIpc) is 3.21. The molecule has 0 bridgehead atoms. The molecule has 4 rings (SSSR count). The Morgan fingerprint density at radius 1 is 1.03 bits per heavy atom. The number of nitriles is 1. The second-order valence-corrected chi connectivity index (χ2v) is 6.45. The minimum atomic E-state index is -0.274. The van der Waals surface area contributed by atoms with Gasteiger partial charge in [-0.05, 0) is 49.4 Å². The van der Waals surface area contributed by atoms with Crippen molar-refractivity contribution >= 4 is 23.1 Å². The first-order valence-corrected chi connectivity index (χ1v) is 9.13. The third kappa shape index (κ3) is 4.15. The number of anilines is 3. The van der Waals surface area contributed by atoms with Crippen molar-refractivity contribution in [3.05, 3.63) is 90.3 Å². The Bertz CT molecular complexity index is 1240. The lowest BCUT2D eigenvalue weighted by atomic mass is 10.1. The van der Waals surface area contributed by atoms with Crippen molar-refractivity contribution in [2.75, 3.05) is 10.6 Å². The summed E-state index contributed by atoms with van der Waals surface area (Å²) in [7, 11) is 0. The first-order chi connectivity index (χ1) is 14.6. The van der Waals surface area contributed by atoms with Gasteiger partial charge in [-0.15, -0.1) is 0 Å². The molecule has 30 heavy (non-hydrogen) atoms. The van der Waals surface area contributed by atoms with Gasteiger partial charge in [-0.25, -0.2) is 15.0 Å². The summed E-state index contributed by atoms with van der Waals surface area (Å²) in [6.07, 6.45) is 5.04. The van der Waals surface area contributed by atoms with E-state index in [1.54, 1.807) is 42.6 Å². The molecule has 1 amide bonds. The van der Waals surface area contributed by atoms with Crippen LogP contribution in [0.15, 0.2) is 73.3 Å². The lowest BCUT2D eigenvalue weighted by molar-refractivity contribution is 0.102. The molecule has 0 spiro atoms. The van der Waals surface area contributed by atoms with Crippen molar-refractivity contribution in [3.8, 4) is 11.9 Å². The lowest BCUT2D eigenvalue weighted by Crippen LogP contribution is -2.11. The van der Waals surface area contributed by atoms with Crippen LogP contribution in [0.3, 0.4) is 0 Å². The van der Waals surface area contributed by atoms with Crippen LogP contribution in [0.2, 0.25) is 0 Å². The summed E-state index contributed by atoms with van der Waals surface area (Å²) < 4.78 is 1.87. The minimum absolute atomic E-state index is 0.274. The van der Waals surface area contributed by atoms with Crippen LogP contribution in [0.5, 0.6) is 0 Å². The van der Waals surface area contributed by atoms with Crippen molar-refractivity contribution in [1.29, 1.82) is 5.26 Å². The third-order valence-electron chi connectivity index (χ3n) is 4.39. The van der Waals surface area contributed by atoms with Crippen LogP contribution < -0.4 is 10.6 Å². The van der Waals surface area contributed by atoms with Gasteiger partial charge in [0.25, 0.3) is 5.91 Å². The highest BCUT2D eigenvalue weighted by atomic mass is 16.1. The molecule has 146 valence electrons. The summed E-state index contributed by atoms with van der Waals surface area (Å²) in [6.45, 7) is 1.90. The molecule has 8 heteroatoms. The Morgan fingerprint density at radius 3 is 2.57 bits per heavy atom. The van der Waals surface area contributed by atoms with Crippen molar-refractivity contribution in [2.45, 2.75) is 6.92 Å². The van der Waals surface area contributed by atoms with Crippen LogP contribution in [0.4, 0.5) is 17.2 Å². The summed E-state index contributed by atoms with van der Waals surface area (Å²) in [4.78, 5) is 25.1. The van der Waals surface area contributed by atoms with E-state index in [0.717, 1.165) is 11.5 Å². The molecule has 0 saturated carbocycles. The number of carbonyl (C=O) groups is 1. The number of hydrogen-bond acceptors (Lipinski definition) is 6. The van der Waals surface area contributed by atoms with E-state index in [1.165, 1.54) is 6.33 Å². The summed E-state index contributed by atoms with van der Waals surface area (Å²) in [5.74, 6) is 1.91. The Labute approximate surface area is 172 Å². The number of amides is 1. The van der Waals surface area contributed by atoms with E-state index in [2.05, 4.69) is 25.6 Å². The van der Waals surface area contributed by atoms with Gasteiger partial charge in [-0.3, -0.25) is 9.36 Å². The summed E-state index contributed by atoms with van der Waals surface area (Å²) >= 11 is 0. The topological polar surface area (TPSA) is 109 Å². The largest absolute Gasteiger partial charge is 0.340 e. The molecule has 0 fully saturated rings. The monoisotopic (exact) mass is 395 g/mol. The van der Waals surface area contributed by atoms with Crippen LogP contribution in [0, 0.1) is 18.3 Å². The number of benzene rings is 2. The Morgan fingerprint density at radius 2 is 1.83 bits per heavy atom. The number of nitrogens with one attached hydrogen (secondary N) is 2. The fraction of sp³-hybridized carbons (Fsp3) is 0.0455. The summed E-state index contributed by atoms with van der Waals surface area (Å²) in [5, 5.41) is 15.0. The summed E-state index contributed by atoms with van der Waals surface area (Å²) in [6, 6.07) is 17.7. The standard InChI is InChI=1S/C22H17N7O/c1-15-24-9-10-29(15)21-12-20(25-14-26-21)27-18-5-7-19(8-6-18)28-22(30)17-4-2-3-16(11-17)13-23/h2-12,14H,1H3,(H,28,30)(H,25,26,27). The highest BCUT2D eigenvalue weighted by Crippen LogP contribution is 2.19. The van der Waals surface area contributed by atoms with Gasteiger partial charge in [0.1, 0.15) is 23.8 Å². The van der Waals surface area contributed by atoms with E-state index in [1.807, 2.05) is 42.0 Å². The number of aromatic nitrogens is 4. The number of hydrogen-bond donors (Lipinski definition) is 2. The van der Waals surface area contributed by atoms with Crippen LogP contribution in [0.1, 0.15) is 21.7 Å². The van der Waals surface area contributed by atoms with Crippen LogP contribution in [-0.4, -0.2) is 25.4 Å². The fourth-order valence-electron chi connectivity index (χ4n) is 2.89. The van der Waals surface area contributed by atoms with Crippen molar-refractivity contribution in [1.82, 2.24) is 19.5 Å². The third-order valence-corrected chi connectivity index (χ3v) is 4.39. The molecule has 4 aromatic rings. The number of aryl methyl sites for hydroxylation is 1. The molecule has 0 atom stereocenters. The highest BCUT2D eigenvalue weighted by Gasteiger charge is 2.08. The smallest absolute Gasteiger partial charge is 0.255 e. The molecule has 2 aromatic carbocycles. The van der Waals surface area contributed by atoms with Crippen LogP contribution >= 0.6 is 0 Å². The van der Waals surface area contributed by atoms with E-state index >= 15 is 0 Å². The second-order valence-electron chi connectivity index (χ2n) is 6.45. The number of rotatable bonds is 5.